The van der Waals surface area contributed by atoms with Crippen molar-refractivity contribution in [3.8, 4) is 0 Å². The molecule has 0 radical (unpaired) electrons. The fourth-order valence-corrected chi connectivity index (χ4v) is 6.77. The molecule has 3 aromatic heterocycles. The third-order valence-electron chi connectivity index (χ3n) is 9.99. The summed E-state index contributed by atoms with van der Waals surface area (Å²) in [5.41, 5.74) is 14.5. The third-order valence-corrected chi connectivity index (χ3v) is 9.99. The number of hydrogen-bond acceptors (Lipinski definition) is 3. The van der Waals surface area contributed by atoms with Crippen molar-refractivity contribution >= 4 is 45.3 Å². The fraction of sp³-hybridized carbons (Fsp3) is 0.324. The van der Waals surface area contributed by atoms with Gasteiger partial charge in [0.2, 0.25) is 0 Å². The first-order valence-corrected chi connectivity index (χ1v) is 13.9. The van der Waals surface area contributed by atoms with Gasteiger partial charge in [-0.1, -0.05) is 32.6 Å². The summed E-state index contributed by atoms with van der Waals surface area (Å²) in [7, 11) is 0. The van der Waals surface area contributed by atoms with Crippen molar-refractivity contribution in [1.82, 2.24) is 19.9 Å². The standard InChI is InChI=1S/C34H36N4O2/c1-9-22-20(6)28-14-31-24-11-10-23(33(39)40)21(7)34(24,8)32(38-31)15-29-19(5)18(4)26(36-29)12-25-16(2)17(3)27(35-25)13-30(22)37-28/h9-10,12-15,21,24,36-37H,1,11H2,2-8H3,(H,39,40). The van der Waals surface area contributed by atoms with Crippen LogP contribution in [0, 0.1) is 26.7 Å². The number of carboxylic acids is 1. The molecule has 6 nitrogen and oxygen atoms in total. The Morgan fingerprint density at radius 1 is 0.925 bits per heavy atom. The second kappa shape index (κ2) is 8.91. The largest absolute Gasteiger partial charge is 0.478 e. The zero-order valence-corrected chi connectivity index (χ0v) is 24.3. The average molecular weight is 533 g/mol. The Morgan fingerprint density at radius 3 is 2.12 bits per heavy atom. The Balaban J connectivity index is 1.78. The molecule has 0 fully saturated rings. The molecular formula is C34H36N4O2. The lowest BCUT2D eigenvalue weighted by Gasteiger charge is -2.40. The van der Waals surface area contributed by atoms with Crippen LogP contribution in [-0.2, 0) is 10.2 Å². The summed E-state index contributed by atoms with van der Waals surface area (Å²) >= 11 is 0. The van der Waals surface area contributed by atoms with Gasteiger partial charge in [-0.3, -0.25) is 4.98 Å². The molecule has 3 aliphatic rings. The number of fused-ring (bicyclic) bond motifs is 11. The van der Waals surface area contributed by atoms with Crippen LogP contribution < -0.4 is 0 Å². The molecule has 3 aromatic rings. The summed E-state index contributed by atoms with van der Waals surface area (Å²) in [4.78, 5) is 29.7. The highest BCUT2D eigenvalue weighted by atomic mass is 16.4. The number of rotatable bonds is 2. The lowest BCUT2D eigenvalue weighted by molar-refractivity contribution is -0.133. The van der Waals surface area contributed by atoms with Crippen molar-refractivity contribution in [2.45, 2.75) is 66.2 Å². The van der Waals surface area contributed by atoms with Gasteiger partial charge in [-0.25, -0.2) is 9.78 Å². The van der Waals surface area contributed by atoms with Crippen molar-refractivity contribution in [2.24, 2.45) is 5.92 Å². The van der Waals surface area contributed by atoms with Crippen molar-refractivity contribution in [2.75, 3.05) is 0 Å². The molecule has 40 heavy (non-hydrogen) atoms. The highest BCUT2D eigenvalue weighted by Crippen LogP contribution is 2.54. The van der Waals surface area contributed by atoms with E-state index < -0.39 is 11.4 Å². The SMILES string of the molecule is C=Cc1c(C)c2cc3nc(cc4[nH]c(cc5nc(cc1[nH]2)C(C)=C5C)c(C)c4C)C1(C)C(C)C(C(=O)O)=CCC31. The molecule has 1 aliphatic carbocycles. The molecule has 0 saturated carbocycles. The Bertz CT molecular complexity index is 1870. The minimum atomic E-state index is -0.853. The van der Waals surface area contributed by atoms with Gasteiger partial charge in [0.05, 0.1) is 11.4 Å². The van der Waals surface area contributed by atoms with Crippen LogP contribution >= 0.6 is 0 Å². The molecule has 3 unspecified atom stereocenters. The summed E-state index contributed by atoms with van der Waals surface area (Å²) in [5.74, 6) is -1.00. The zero-order valence-electron chi connectivity index (χ0n) is 24.3. The van der Waals surface area contributed by atoms with Crippen LogP contribution in [0.15, 0.2) is 42.5 Å². The van der Waals surface area contributed by atoms with Crippen LogP contribution in [0.1, 0.15) is 85.1 Å². The number of aryl methyl sites for hydroxylation is 3. The van der Waals surface area contributed by atoms with Crippen LogP contribution in [0.2, 0.25) is 0 Å². The molecule has 204 valence electrons. The quantitative estimate of drug-likeness (QED) is 0.312. The number of allylic oxidation sites excluding steroid dienone is 3. The van der Waals surface area contributed by atoms with Gasteiger partial charge in [0.15, 0.2) is 0 Å². The second-order valence-corrected chi connectivity index (χ2v) is 11.8. The molecule has 2 aliphatic heterocycles. The molecule has 6 rings (SSSR count). The number of aromatic amines is 2. The number of aliphatic carboxylic acids is 1. The van der Waals surface area contributed by atoms with Crippen molar-refractivity contribution in [1.29, 1.82) is 0 Å². The third kappa shape index (κ3) is 3.58. The van der Waals surface area contributed by atoms with Gasteiger partial charge in [0, 0.05) is 55.9 Å². The van der Waals surface area contributed by atoms with Crippen LogP contribution in [0.4, 0.5) is 0 Å². The maximum atomic E-state index is 12.2. The van der Waals surface area contributed by atoms with E-state index >= 15 is 0 Å². The Kier molecular flexibility index (Phi) is 5.81. The molecule has 6 heteroatoms. The Hall–Kier alpha value is -4.19. The number of carboxylic acid groups (broad SMARTS) is 1. The van der Waals surface area contributed by atoms with E-state index in [0.29, 0.717) is 12.0 Å². The maximum absolute atomic E-state index is 12.2. The van der Waals surface area contributed by atoms with Crippen LogP contribution in [0.5, 0.6) is 0 Å². The van der Waals surface area contributed by atoms with Crippen molar-refractivity contribution in [3.63, 3.8) is 0 Å². The van der Waals surface area contributed by atoms with Crippen molar-refractivity contribution < 1.29 is 9.90 Å². The molecule has 8 bridgehead atoms. The van der Waals surface area contributed by atoms with E-state index in [1.54, 1.807) is 0 Å². The zero-order chi connectivity index (χ0) is 28.7. The van der Waals surface area contributed by atoms with E-state index in [-0.39, 0.29) is 11.8 Å². The second-order valence-electron chi connectivity index (χ2n) is 11.8. The summed E-state index contributed by atoms with van der Waals surface area (Å²) in [6.07, 6.45) is 4.41. The number of H-pyrrole nitrogens is 2. The molecule has 0 spiro atoms. The normalized spacial score (nSPS) is 22.2. The predicted molar refractivity (Wildman–Crippen MR) is 163 cm³/mol. The summed E-state index contributed by atoms with van der Waals surface area (Å²) in [6, 6.07) is 8.53. The number of aromatic nitrogens is 4. The van der Waals surface area contributed by atoms with E-state index in [1.165, 1.54) is 0 Å². The van der Waals surface area contributed by atoms with Gasteiger partial charge in [-0.2, -0.15) is 0 Å². The fourth-order valence-electron chi connectivity index (χ4n) is 6.77. The van der Waals surface area contributed by atoms with Gasteiger partial charge < -0.3 is 15.1 Å². The lowest BCUT2D eigenvalue weighted by Crippen LogP contribution is -2.39. The van der Waals surface area contributed by atoms with Gasteiger partial charge in [0.25, 0.3) is 0 Å². The first-order valence-electron chi connectivity index (χ1n) is 13.9. The number of nitrogens with one attached hydrogen (secondary N) is 2. The van der Waals surface area contributed by atoms with Gasteiger partial charge >= 0.3 is 5.97 Å². The molecule has 5 heterocycles. The van der Waals surface area contributed by atoms with Gasteiger partial charge in [0.1, 0.15) is 0 Å². The summed E-state index contributed by atoms with van der Waals surface area (Å²) in [6.45, 7) is 18.9. The van der Waals surface area contributed by atoms with Gasteiger partial charge in [-0.05, 0) is 99.1 Å². The number of nitrogens with zero attached hydrogens (tertiary/aromatic N) is 2. The van der Waals surface area contributed by atoms with E-state index in [4.69, 9.17) is 9.97 Å². The van der Waals surface area contributed by atoms with E-state index in [1.807, 2.05) is 19.1 Å². The molecular weight excluding hydrogens is 496 g/mol. The topological polar surface area (TPSA) is 94.7 Å². The Labute approximate surface area is 234 Å². The first kappa shape index (κ1) is 26.1. The first-order chi connectivity index (χ1) is 18.9. The van der Waals surface area contributed by atoms with E-state index in [2.05, 4.69) is 82.4 Å². The molecule has 0 saturated heterocycles. The lowest BCUT2D eigenvalue weighted by atomic mass is 9.60. The predicted octanol–water partition coefficient (Wildman–Crippen LogP) is 7.93. The van der Waals surface area contributed by atoms with E-state index in [0.717, 1.165) is 78.2 Å². The van der Waals surface area contributed by atoms with Crippen molar-refractivity contribution in [3.05, 3.63) is 87.5 Å². The Morgan fingerprint density at radius 2 is 1.50 bits per heavy atom. The molecule has 0 aromatic carbocycles. The number of hydrogen-bond donors (Lipinski definition) is 3. The highest BCUT2D eigenvalue weighted by Gasteiger charge is 2.51. The molecule has 3 N–H and O–H groups in total. The van der Waals surface area contributed by atoms with E-state index in [9.17, 15) is 9.90 Å². The minimum absolute atomic E-state index is 0.0565. The number of carbonyl (C=O) groups is 1. The molecule has 3 atom stereocenters. The van der Waals surface area contributed by atoms with Crippen LogP contribution in [-0.4, -0.2) is 31.0 Å². The smallest absolute Gasteiger partial charge is 0.331 e. The van der Waals surface area contributed by atoms with Crippen LogP contribution in [0.25, 0.3) is 39.3 Å². The maximum Gasteiger partial charge on any atom is 0.331 e. The van der Waals surface area contributed by atoms with Crippen LogP contribution in [0.3, 0.4) is 0 Å². The summed E-state index contributed by atoms with van der Waals surface area (Å²) < 4.78 is 0. The van der Waals surface area contributed by atoms with Gasteiger partial charge in [-0.15, -0.1) is 0 Å². The average Bonchev–Trinajstić information content (AvgIpc) is 3.54. The monoisotopic (exact) mass is 532 g/mol. The highest BCUT2D eigenvalue weighted by molar-refractivity contribution is 5.93. The molecule has 0 amide bonds. The minimum Gasteiger partial charge on any atom is -0.478 e. The summed E-state index contributed by atoms with van der Waals surface area (Å²) in [5, 5.41) is 10.0.